The fourth-order valence-corrected chi connectivity index (χ4v) is 2.10. The minimum atomic E-state index is 1.05. The van der Waals surface area contributed by atoms with E-state index in [2.05, 4.69) is 13.8 Å². The standard InChI is InChI=1S/C10H21N.CN/c1-3-7-11-8-5-10(4-2)6-9-11;1-2/h10H,3-9H2,1-2H3;/q;-1/p+1. The van der Waals surface area contributed by atoms with E-state index in [-0.39, 0.29) is 0 Å². The topological polar surface area (TPSA) is 28.2 Å². The van der Waals surface area contributed by atoms with Gasteiger partial charge in [0.15, 0.2) is 0 Å². The van der Waals surface area contributed by atoms with Gasteiger partial charge < -0.3 is 16.7 Å². The number of nitrogens with one attached hydrogen (secondary N) is 1. The van der Waals surface area contributed by atoms with Crippen LogP contribution in [0.3, 0.4) is 0 Å². The van der Waals surface area contributed by atoms with Gasteiger partial charge in [-0.1, -0.05) is 20.3 Å². The van der Waals surface area contributed by atoms with E-state index in [0.29, 0.717) is 0 Å². The highest BCUT2D eigenvalue weighted by molar-refractivity contribution is 4.59. The first-order chi connectivity index (χ1) is 6.36. The van der Waals surface area contributed by atoms with Gasteiger partial charge in [0.05, 0.1) is 19.6 Å². The molecule has 2 nitrogen and oxygen atoms in total. The molecule has 0 atom stereocenters. The van der Waals surface area contributed by atoms with Gasteiger partial charge in [-0.15, -0.1) is 0 Å². The van der Waals surface area contributed by atoms with Crippen LogP contribution in [0.15, 0.2) is 0 Å². The Labute approximate surface area is 82.5 Å². The molecule has 0 bridgehead atoms. The first-order valence-corrected chi connectivity index (χ1v) is 5.42. The lowest BCUT2D eigenvalue weighted by Gasteiger charge is -2.28. The van der Waals surface area contributed by atoms with Gasteiger partial charge in [0, 0.05) is 0 Å². The summed E-state index contributed by atoms with van der Waals surface area (Å²) in [7, 11) is 0. The van der Waals surface area contributed by atoms with E-state index >= 15 is 0 Å². The Morgan fingerprint density at radius 3 is 2.15 bits per heavy atom. The van der Waals surface area contributed by atoms with Crippen molar-refractivity contribution in [2.75, 3.05) is 19.6 Å². The Kier molecular flexibility index (Phi) is 7.73. The first-order valence-electron chi connectivity index (χ1n) is 5.42. The van der Waals surface area contributed by atoms with Crippen molar-refractivity contribution in [3.05, 3.63) is 6.57 Å². The van der Waals surface area contributed by atoms with E-state index in [4.69, 9.17) is 11.8 Å². The average molecular weight is 182 g/mol. The van der Waals surface area contributed by atoms with E-state index < -0.39 is 0 Å². The average Bonchev–Trinajstić information content (AvgIpc) is 2.23. The summed E-state index contributed by atoms with van der Waals surface area (Å²) in [5, 5.41) is 6.25. The third-order valence-corrected chi connectivity index (χ3v) is 2.99. The van der Waals surface area contributed by atoms with Crippen LogP contribution in [0.1, 0.15) is 39.5 Å². The van der Waals surface area contributed by atoms with Crippen LogP contribution in [0.25, 0.3) is 0 Å². The Hall–Kier alpha value is -0.550. The summed E-state index contributed by atoms with van der Waals surface area (Å²) in [4.78, 5) is 1.84. The van der Waals surface area contributed by atoms with Gasteiger partial charge in [0.1, 0.15) is 0 Å². The Morgan fingerprint density at radius 1 is 1.23 bits per heavy atom. The molecule has 0 amide bonds. The number of hydrogen-bond acceptors (Lipinski definition) is 1. The van der Waals surface area contributed by atoms with Crippen LogP contribution < -0.4 is 4.90 Å². The fraction of sp³-hybridized carbons (Fsp3) is 0.909. The van der Waals surface area contributed by atoms with E-state index in [9.17, 15) is 0 Å². The second-order valence-corrected chi connectivity index (χ2v) is 3.85. The SMILES string of the molecule is CCC[NH+]1CCC(CC)CC1.[C-]#N. The molecule has 13 heavy (non-hydrogen) atoms. The van der Waals surface area contributed by atoms with Crippen LogP contribution in [0.4, 0.5) is 0 Å². The molecule has 0 aliphatic carbocycles. The zero-order valence-corrected chi connectivity index (χ0v) is 8.97. The van der Waals surface area contributed by atoms with E-state index in [1.165, 1.54) is 45.3 Å². The normalized spacial score (nSPS) is 27.4. The predicted octanol–water partition coefficient (Wildman–Crippen LogP) is 1.20. The molecule has 0 spiro atoms. The maximum absolute atomic E-state index is 6.25. The van der Waals surface area contributed by atoms with Gasteiger partial charge in [0.2, 0.25) is 0 Å². The highest BCUT2D eigenvalue weighted by atomic mass is 15.1. The minimum Gasteiger partial charge on any atom is -0.512 e. The molecule has 0 aromatic rings. The van der Waals surface area contributed by atoms with Gasteiger partial charge in [0.25, 0.3) is 0 Å². The van der Waals surface area contributed by atoms with Gasteiger partial charge in [-0.3, -0.25) is 0 Å². The summed E-state index contributed by atoms with van der Waals surface area (Å²) < 4.78 is 0. The number of rotatable bonds is 3. The predicted molar refractivity (Wildman–Crippen MR) is 53.8 cm³/mol. The summed E-state index contributed by atoms with van der Waals surface area (Å²) in [6, 6.07) is 0. The van der Waals surface area contributed by atoms with Crippen molar-refractivity contribution in [1.29, 1.82) is 5.26 Å². The lowest BCUT2D eigenvalue weighted by atomic mass is 9.94. The van der Waals surface area contributed by atoms with Crippen molar-refractivity contribution in [2.24, 2.45) is 5.92 Å². The number of hydrogen-bond donors (Lipinski definition) is 1. The molecule has 0 aromatic heterocycles. The van der Waals surface area contributed by atoms with Crippen LogP contribution in [-0.4, -0.2) is 19.6 Å². The monoisotopic (exact) mass is 182 g/mol. The molecule has 1 N–H and O–H groups in total. The number of nitrogens with zero attached hydrogens (tertiary/aromatic N) is 1. The van der Waals surface area contributed by atoms with E-state index in [1.807, 2.05) is 4.90 Å². The lowest BCUT2D eigenvalue weighted by Crippen LogP contribution is -3.13. The second-order valence-electron chi connectivity index (χ2n) is 3.85. The molecule has 1 fully saturated rings. The van der Waals surface area contributed by atoms with Gasteiger partial charge in [-0.05, 0) is 25.2 Å². The van der Waals surface area contributed by atoms with Crippen molar-refractivity contribution >= 4 is 0 Å². The quantitative estimate of drug-likeness (QED) is 0.653. The summed E-state index contributed by atoms with van der Waals surface area (Å²) in [6.45, 7) is 13.6. The molecule has 0 saturated carbocycles. The number of quaternary nitrogens is 1. The molecular formula is C11H22N2. The highest BCUT2D eigenvalue weighted by Crippen LogP contribution is 2.12. The second kappa shape index (κ2) is 8.07. The molecule has 1 aliphatic heterocycles. The van der Waals surface area contributed by atoms with Crippen LogP contribution in [0.2, 0.25) is 0 Å². The minimum absolute atomic E-state index is 1.05. The largest absolute Gasteiger partial charge is 0.512 e. The summed E-state index contributed by atoms with van der Waals surface area (Å²) >= 11 is 0. The molecule has 76 valence electrons. The van der Waals surface area contributed by atoms with E-state index in [0.717, 1.165) is 5.92 Å². The molecule has 1 aliphatic rings. The number of likely N-dealkylation sites (tertiary alicyclic amines) is 1. The Bertz CT molecular complexity index is 123. The lowest BCUT2D eigenvalue weighted by molar-refractivity contribution is -0.906. The van der Waals surface area contributed by atoms with Crippen LogP contribution in [0, 0.1) is 17.8 Å². The molecule has 0 aromatic carbocycles. The number of piperidine rings is 1. The summed E-state index contributed by atoms with van der Waals surface area (Å²) in [5.41, 5.74) is 0. The zero-order valence-electron chi connectivity index (χ0n) is 8.97. The van der Waals surface area contributed by atoms with Gasteiger partial charge >= 0.3 is 0 Å². The summed E-state index contributed by atoms with van der Waals surface area (Å²) in [5.74, 6) is 1.05. The smallest absolute Gasteiger partial charge is 0.0773 e. The Morgan fingerprint density at radius 2 is 1.77 bits per heavy atom. The maximum Gasteiger partial charge on any atom is 0.0773 e. The maximum atomic E-state index is 6.25. The van der Waals surface area contributed by atoms with Crippen molar-refractivity contribution in [1.82, 2.24) is 0 Å². The fourth-order valence-electron chi connectivity index (χ4n) is 2.10. The third kappa shape index (κ3) is 4.90. The van der Waals surface area contributed by atoms with Crippen LogP contribution in [0.5, 0.6) is 0 Å². The van der Waals surface area contributed by atoms with E-state index in [1.54, 1.807) is 0 Å². The molecule has 1 heterocycles. The molecular weight excluding hydrogens is 160 g/mol. The van der Waals surface area contributed by atoms with Crippen molar-refractivity contribution < 1.29 is 4.90 Å². The Balaban J connectivity index is 0.000000671. The highest BCUT2D eigenvalue weighted by Gasteiger charge is 2.19. The molecule has 0 radical (unpaired) electrons. The zero-order chi connectivity index (χ0) is 10.1. The third-order valence-electron chi connectivity index (χ3n) is 2.99. The molecule has 1 rings (SSSR count). The van der Waals surface area contributed by atoms with Crippen molar-refractivity contribution in [3.8, 4) is 0 Å². The van der Waals surface area contributed by atoms with Gasteiger partial charge in [-0.25, -0.2) is 0 Å². The molecule has 0 unspecified atom stereocenters. The van der Waals surface area contributed by atoms with Crippen molar-refractivity contribution in [3.63, 3.8) is 0 Å². The van der Waals surface area contributed by atoms with Crippen LogP contribution in [-0.2, 0) is 0 Å². The van der Waals surface area contributed by atoms with Crippen LogP contribution >= 0.6 is 0 Å². The van der Waals surface area contributed by atoms with Crippen molar-refractivity contribution in [2.45, 2.75) is 39.5 Å². The first kappa shape index (κ1) is 12.4. The summed E-state index contributed by atoms with van der Waals surface area (Å²) in [6.07, 6.45) is 5.71. The molecule has 2 heteroatoms. The van der Waals surface area contributed by atoms with Gasteiger partial charge in [-0.2, -0.15) is 0 Å². The molecule has 1 saturated heterocycles.